The fourth-order valence-electron chi connectivity index (χ4n) is 4.04. The Balaban J connectivity index is 1.67. The van der Waals surface area contributed by atoms with Gasteiger partial charge in [0.25, 0.3) is 0 Å². The molecule has 4 rings (SSSR count). The Morgan fingerprint density at radius 2 is 1.61 bits per heavy atom. The number of fused-ring (bicyclic) bond motifs is 1. The number of rotatable bonds is 9. The molecule has 2 aromatic rings. The summed E-state index contributed by atoms with van der Waals surface area (Å²) in [5.74, 6) is -1.68. The summed E-state index contributed by atoms with van der Waals surface area (Å²) in [7, 11) is -5.17. The van der Waals surface area contributed by atoms with Gasteiger partial charge in [-0.1, -0.05) is 60.7 Å². The summed E-state index contributed by atoms with van der Waals surface area (Å²) >= 11 is 0. The third-order valence-corrected chi connectivity index (χ3v) is 6.88. The van der Waals surface area contributed by atoms with Gasteiger partial charge in [0.05, 0.1) is 13.0 Å². The van der Waals surface area contributed by atoms with Crippen LogP contribution in [0.4, 0.5) is 13.2 Å². The van der Waals surface area contributed by atoms with E-state index in [0.29, 0.717) is 11.1 Å². The third-order valence-electron chi connectivity index (χ3n) is 5.85. The van der Waals surface area contributed by atoms with E-state index in [2.05, 4.69) is 4.18 Å². The van der Waals surface area contributed by atoms with Crippen molar-refractivity contribution < 1.29 is 49.6 Å². The summed E-state index contributed by atoms with van der Waals surface area (Å²) in [5, 5.41) is 0. The first kappa shape index (κ1) is 26.1. The Bertz CT molecular complexity index is 1150. The number of amides is 1. The topological polar surface area (TPSA) is 108 Å². The van der Waals surface area contributed by atoms with Crippen molar-refractivity contribution in [2.24, 2.45) is 0 Å². The molecule has 0 saturated carbocycles. The Labute approximate surface area is 204 Å². The van der Waals surface area contributed by atoms with Crippen molar-refractivity contribution in [2.75, 3.05) is 13.7 Å². The molecule has 13 heteroatoms. The number of benzene rings is 2. The van der Waals surface area contributed by atoms with Crippen molar-refractivity contribution >= 4 is 22.0 Å². The van der Waals surface area contributed by atoms with Crippen LogP contribution in [0.3, 0.4) is 0 Å². The average molecular weight is 529 g/mol. The number of carbonyl (C=O) groups is 2. The molecule has 2 aliphatic rings. The normalized spacial score (nSPS) is 21.6. The van der Waals surface area contributed by atoms with E-state index in [9.17, 15) is 31.2 Å². The first-order valence-corrected chi connectivity index (χ1v) is 12.2. The van der Waals surface area contributed by atoms with Gasteiger partial charge in [-0.3, -0.25) is 4.79 Å². The van der Waals surface area contributed by atoms with Crippen LogP contribution in [0.5, 0.6) is 0 Å². The highest BCUT2D eigenvalue weighted by atomic mass is 32.2. The summed E-state index contributed by atoms with van der Waals surface area (Å²) in [5.41, 5.74) is -4.84. The Kier molecular flexibility index (Phi) is 7.36. The number of hydrogen-bond acceptors (Lipinski definition) is 8. The number of carbonyl (C=O) groups excluding carboxylic acids is 2. The lowest BCUT2D eigenvalue weighted by Gasteiger charge is -2.31. The van der Waals surface area contributed by atoms with E-state index in [4.69, 9.17) is 14.2 Å². The molecule has 2 aromatic carbocycles. The van der Waals surface area contributed by atoms with Crippen LogP contribution in [0.15, 0.2) is 60.7 Å². The summed E-state index contributed by atoms with van der Waals surface area (Å²) in [4.78, 5) is 26.3. The van der Waals surface area contributed by atoms with E-state index in [1.807, 2.05) is 0 Å². The molecular weight excluding hydrogens is 507 g/mol. The number of alkyl halides is 3. The third kappa shape index (κ3) is 5.24. The predicted molar refractivity (Wildman–Crippen MR) is 116 cm³/mol. The Morgan fingerprint density at radius 1 is 1.06 bits per heavy atom. The first-order chi connectivity index (χ1) is 17.0. The molecule has 2 saturated heterocycles. The largest absolute Gasteiger partial charge is 0.523 e. The SMILES string of the molecule is CO[C@@H]([C@H]1CN2C(=O)C[C@@H]2O1)[C@@H](OS(=O)(=O)C(F)(F)F)C(=O)OC(c1ccccc1)c1ccccc1. The number of halogens is 3. The molecule has 2 aliphatic heterocycles. The van der Waals surface area contributed by atoms with E-state index in [0.717, 1.165) is 7.11 Å². The molecule has 1 amide bonds. The maximum Gasteiger partial charge on any atom is 0.523 e. The Morgan fingerprint density at radius 3 is 2.06 bits per heavy atom. The minimum Gasteiger partial charge on any atom is -0.451 e. The van der Waals surface area contributed by atoms with E-state index in [1.54, 1.807) is 60.7 Å². The molecule has 2 fully saturated rings. The van der Waals surface area contributed by atoms with Crippen LogP contribution in [0.1, 0.15) is 23.7 Å². The second-order valence-electron chi connectivity index (χ2n) is 8.13. The van der Waals surface area contributed by atoms with Crippen LogP contribution >= 0.6 is 0 Å². The van der Waals surface area contributed by atoms with Gasteiger partial charge in [-0.25, -0.2) is 8.98 Å². The fourth-order valence-corrected chi connectivity index (χ4v) is 4.61. The zero-order chi connectivity index (χ0) is 26.1. The highest BCUT2D eigenvalue weighted by Crippen LogP contribution is 2.35. The first-order valence-electron chi connectivity index (χ1n) is 10.8. The molecule has 0 N–H and O–H groups in total. The maximum absolute atomic E-state index is 13.3. The van der Waals surface area contributed by atoms with Gasteiger partial charge in [0.15, 0.2) is 6.10 Å². The maximum atomic E-state index is 13.3. The number of hydrogen-bond donors (Lipinski definition) is 0. The van der Waals surface area contributed by atoms with Gasteiger partial charge in [-0.15, -0.1) is 0 Å². The minimum absolute atomic E-state index is 0.0494. The number of esters is 1. The van der Waals surface area contributed by atoms with Crippen LogP contribution in [-0.4, -0.2) is 68.9 Å². The monoisotopic (exact) mass is 529 g/mol. The molecule has 0 radical (unpaired) electrons. The van der Waals surface area contributed by atoms with Gasteiger partial charge < -0.3 is 19.1 Å². The second-order valence-corrected chi connectivity index (χ2v) is 9.70. The zero-order valence-corrected chi connectivity index (χ0v) is 19.6. The number of β-lactam (4-membered cyclic amide) rings is 1. The highest BCUT2D eigenvalue weighted by Gasteiger charge is 2.55. The van der Waals surface area contributed by atoms with E-state index < -0.39 is 52.2 Å². The minimum atomic E-state index is -6.23. The molecule has 9 nitrogen and oxygen atoms in total. The lowest BCUT2D eigenvalue weighted by atomic mass is 10.0. The van der Waals surface area contributed by atoms with Crippen molar-refractivity contribution in [3.63, 3.8) is 0 Å². The molecule has 4 atom stereocenters. The van der Waals surface area contributed by atoms with Gasteiger partial charge in [0.1, 0.15) is 18.4 Å². The molecule has 0 aromatic heterocycles. The molecular formula is C23H22F3NO8S. The van der Waals surface area contributed by atoms with Gasteiger partial charge in [-0.05, 0) is 11.1 Å². The van der Waals surface area contributed by atoms with Crippen LogP contribution < -0.4 is 0 Å². The summed E-state index contributed by atoms with van der Waals surface area (Å²) < 4.78 is 84.1. The summed E-state index contributed by atoms with van der Waals surface area (Å²) in [6, 6.07) is 16.7. The standard InChI is InChI=1S/C23H22F3NO8S/c1-32-20(16-13-27-17(28)12-18(27)33-16)21(35-36(30,31)23(24,25)26)22(29)34-19(14-8-4-2-5-9-14)15-10-6-3-7-11-15/h2-11,16,18-21H,12-13H2,1H3/t16-,18+,20+,21-/m1/s1. The zero-order valence-electron chi connectivity index (χ0n) is 18.8. The lowest BCUT2D eigenvalue weighted by molar-refractivity contribution is -0.174. The van der Waals surface area contributed by atoms with E-state index in [1.165, 1.54) is 4.90 Å². The van der Waals surface area contributed by atoms with Crippen molar-refractivity contribution in [1.29, 1.82) is 0 Å². The van der Waals surface area contributed by atoms with Gasteiger partial charge in [0, 0.05) is 7.11 Å². The molecule has 36 heavy (non-hydrogen) atoms. The molecule has 0 bridgehead atoms. The van der Waals surface area contributed by atoms with Crippen molar-refractivity contribution in [2.45, 2.75) is 42.6 Å². The summed E-state index contributed by atoms with van der Waals surface area (Å²) in [6.07, 6.45) is -6.84. The molecule has 0 spiro atoms. The number of nitrogens with zero attached hydrogens (tertiary/aromatic N) is 1. The lowest BCUT2D eigenvalue weighted by Crippen LogP contribution is -2.50. The molecule has 0 aliphatic carbocycles. The number of methoxy groups -OCH3 is 1. The quantitative estimate of drug-likeness (QED) is 0.211. The summed E-state index contributed by atoms with van der Waals surface area (Å²) in [6.45, 7) is -0.123. The van der Waals surface area contributed by atoms with Gasteiger partial charge in [0.2, 0.25) is 12.0 Å². The van der Waals surface area contributed by atoms with Crippen LogP contribution in [0, 0.1) is 0 Å². The van der Waals surface area contributed by atoms with Crippen LogP contribution in [-0.2, 0) is 38.1 Å². The van der Waals surface area contributed by atoms with E-state index in [-0.39, 0.29) is 18.9 Å². The van der Waals surface area contributed by atoms with Crippen molar-refractivity contribution in [3.05, 3.63) is 71.8 Å². The fraction of sp³-hybridized carbons (Fsp3) is 0.391. The van der Waals surface area contributed by atoms with Crippen LogP contribution in [0.25, 0.3) is 0 Å². The molecule has 194 valence electrons. The second kappa shape index (κ2) is 10.2. The smallest absolute Gasteiger partial charge is 0.451 e. The highest BCUT2D eigenvalue weighted by molar-refractivity contribution is 7.87. The van der Waals surface area contributed by atoms with Gasteiger partial charge in [-0.2, -0.15) is 21.6 Å². The Hall–Kier alpha value is -3.00. The van der Waals surface area contributed by atoms with Gasteiger partial charge >= 0.3 is 21.6 Å². The molecule has 0 unspecified atom stereocenters. The number of ether oxygens (including phenoxy) is 3. The van der Waals surface area contributed by atoms with Crippen LogP contribution in [0.2, 0.25) is 0 Å². The van der Waals surface area contributed by atoms with Crippen molar-refractivity contribution in [1.82, 2.24) is 4.90 Å². The predicted octanol–water partition coefficient (Wildman–Crippen LogP) is 2.53. The van der Waals surface area contributed by atoms with E-state index >= 15 is 0 Å². The molecule has 2 heterocycles. The average Bonchev–Trinajstić information content (AvgIpc) is 3.19. The van der Waals surface area contributed by atoms with Crippen molar-refractivity contribution in [3.8, 4) is 0 Å².